The van der Waals surface area contributed by atoms with Gasteiger partial charge in [-0.1, -0.05) is 0 Å². The molecule has 0 saturated carbocycles. The maximum Gasteiger partial charge on any atom is 0.291 e. The van der Waals surface area contributed by atoms with E-state index in [0.29, 0.717) is 0 Å². The van der Waals surface area contributed by atoms with Crippen molar-refractivity contribution in [3.05, 3.63) is 22.0 Å². The summed E-state index contributed by atoms with van der Waals surface area (Å²) in [5, 5.41) is 8.54. The summed E-state index contributed by atoms with van der Waals surface area (Å²) in [4.78, 5) is 15.2. The highest BCUT2D eigenvalue weighted by atomic mass is 19.1. The van der Waals surface area contributed by atoms with Crippen LogP contribution in [0.15, 0.2) is 4.79 Å². The molecule has 0 aliphatic rings. The van der Waals surface area contributed by atoms with Crippen molar-refractivity contribution in [3.63, 3.8) is 0 Å². The number of H-pyrrole nitrogens is 1. The molecule has 0 aliphatic heterocycles. The Labute approximate surface area is 59.5 Å². The Bertz CT molecular complexity index is 323. The van der Waals surface area contributed by atoms with E-state index in [-0.39, 0.29) is 0 Å². The van der Waals surface area contributed by atoms with Gasteiger partial charge in [-0.05, 0) is 0 Å². The summed E-state index contributed by atoms with van der Waals surface area (Å²) in [7, 11) is 0. The standard InChI is InChI=1S/C5H4F2N2O2/c6-1-2-8-4(10)3(7)5(11)9-2/h1H2,(H2,8,9,10,11). The Hall–Kier alpha value is -1.46. The zero-order chi connectivity index (χ0) is 8.43. The lowest BCUT2D eigenvalue weighted by molar-refractivity contribution is 0.388. The topological polar surface area (TPSA) is 66.0 Å². The van der Waals surface area contributed by atoms with E-state index in [1.807, 2.05) is 0 Å². The van der Waals surface area contributed by atoms with E-state index in [1.165, 1.54) is 0 Å². The number of hydrogen-bond donors (Lipinski definition) is 2. The van der Waals surface area contributed by atoms with Gasteiger partial charge in [-0.25, -0.2) is 4.39 Å². The second kappa shape index (κ2) is 2.65. The number of aromatic nitrogens is 2. The minimum atomic E-state index is -1.40. The van der Waals surface area contributed by atoms with Crippen molar-refractivity contribution in [1.82, 2.24) is 9.97 Å². The summed E-state index contributed by atoms with van der Waals surface area (Å²) in [5.41, 5.74) is -1.18. The van der Waals surface area contributed by atoms with Crippen molar-refractivity contribution in [1.29, 1.82) is 0 Å². The third kappa shape index (κ3) is 1.34. The van der Waals surface area contributed by atoms with Crippen LogP contribution in [-0.2, 0) is 6.67 Å². The predicted molar refractivity (Wildman–Crippen MR) is 31.3 cm³/mol. The summed E-state index contributed by atoms with van der Waals surface area (Å²) in [6.07, 6.45) is 0. The number of aromatic hydroxyl groups is 1. The molecule has 0 bridgehead atoms. The molecule has 1 aromatic rings. The largest absolute Gasteiger partial charge is 0.491 e. The van der Waals surface area contributed by atoms with E-state index >= 15 is 0 Å². The molecule has 4 nitrogen and oxygen atoms in total. The summed E-state index contributed by atoms with van der Waals surface area (Å²) in [6, 6.07) is 0. The molecule has 0 amide bonds. The molecule has 0 saturated heterocycles. The molecule has 1 heterocycles. The maximum atomic E-state index is 12.3. The Kier molecular flexibility index (Phi) is 1.84. The van der Waals surface area contributed by atoms with Crippen LogP contribution < -0.4 is 5.56 Å². The molecular formula is C5H4F2N2O2. The molecule has 60 valence electrons. The molecule has 6 heteroatoms. The first-order valence-electron chi connectivity index (χ1n) is 2.68. The Balaban J connectivity index is 3.32. The van der Waals surface area contributed by atoms with Gasteiger partial charge in [0.15, 0.2) is 0 Å². The Morgan fingerprint density at radius 1 is 1.64 bits per heavy atom. The zero-order valence-electron chi connectivity index (χ0n) is 5.27. The van der Waals surface area contributed by atoms with Crippen LogP contribution in [0.3, 0.4) is 0 Å². The lowest BCUT2D eigenvalue weighted by Crippen LogP contribution is -2.14. The minimum Gasteiger partial charge on any atom is -0.491 e. The van der Waals surface area contributed by atoms with E-state index in [1.54, 1.807) is 4.98 Å². The molecule has 0 aromatic carbocycles. The molecule has 0 atom stereocenters. The van der Waals surface area contributed by atoms with Gasteiger partial charge in [-0.15, -0.1) is 0 Å². The molecule has 0 aliphatic carbocycles. The number of hydrogen-bond acceptors (Lipinski definition) is 3. The average Bonchev–Trinajstić information content (AvgIpc) is 1.99. The van der Waals surface area contributed by atoms with Crippen LogP contribution in [0.4, 0.5) is 8.78 Å². The first-order chi connectivity index (χ1) is 5.15. The third-order valence-corrected chi connectivity index (χ3v) is 1.02. The molecule has 0 spiro atoms. The lowest BCUT2D eigenvalue weighted by atomic mass is 10.5. The molecule has 0 unspecified atom stereocenters. The highest BCUT2D eigenvalue weighted by molar-refractivity contribution is 5.09. The number of rotatable bonds is 1. The van der Waals surface area contributed by atoms with Crippen molar-refractivity contribution >= 4 is 0 Å². The first kappa shape index (κ1) is 7.64. The fourth-order valence-corrected chi connectivity index (χ4v) is 0.556. The van der Waals surface area contributed by atoms with E-state index in [0.717, 1.165) is 0 Å². The second-order valence-electron chi connectivity index (χ2n) is 1.78. The SMILES string of the molecule is O=c1[nH]c(CF)nc(O)c1F. The Morgan fingerprint density at radius 2 is 2.27 bits per heavy atom. The van der Waals surface area contributed by atoms with E-state index < -0.39 is 29.8 Å². The van der Waals surface area contributed by atoms with Gasteiger partial charge in [0.25, 0.3) is 11.4 Å². The van der Waals surface area contributed by atoms with Crippen LogP contribution in [0.5, 0.6) is 5.88 Å². The van der Waals surface area contributed by atoms with Crippen LogP contribution in [0.2, 0.25) is 0 Å². The number of nitrogens with one attached hydrogen (secondary N) is 1. The lowest BCUT2D eigenvalue weighted by Gasteiger charge is -1.94. The molecular weight excluding hydrogens is 158 g/mol. The molecule has 11 heavy (non-hydrogen) atoms. The van der Waals surface area contributed by atoms with Crippen molar-refractivity contribution in [2.75, 3.05) is 0 Å². The van der Waals surface area contributed by atoms with Crippen molar-refractivity contribution < 1.29 is 13.9 Å². The number of aromatic amines is 1. The summed E-state index contributed by atoms with van der Waals surface area (Å²) >= 11 is 0. The third-order valence-electron chi connectivity index (χ3n) is 1.02. The highest BCUT2D eigenvalue weighted by Crippen LogP contribution is 2.05. The quantitative estimate of drug-likeness (QED) is 0.614. The zero-order valence-corrected chi connectivity index (χ0v) is 5.27. The van der Waals surface area contributed by atoms with Gasteiger partial charge in [0, 0.05) is 0 Å². The van der Waals surface area contributed by atoms with E-state index in [9.17, 15) is 13.6 Å². The minimum absolute atomic E-state index is 0.395. The van der Waals surface area contributed by atoms with Crippen LogP contribution >= 0.6 is 0 Å². The van der Waals surface area contributed by atoms with Crippen LogP contribution in [0.25, 0.3) is 0 Å². The van der Waals surface area contributed by atoms with Gasteiger partial charge in [0.1, 0.15) is 12.5 Å². The number of halogens is 2. The summed E-state index contributed by atoms with van der Waals surface area (Å²) in [6.45, 7) is -1.05. The van der Waals surface area contributed by atoms with Crippen molar-refractivity contribution in [3.8, 4) is 5.88 Å². The van der Waals surface area contributed by atoms with Gasteiger partial charge >= 0.3 is 0 Å². The highest BCUT2D eigenvalue weighted by Gasteiger charge is 2.08. The van der Waals surface area contributed by atoms with Gasteiger partial charge in [-0.2, -0.15) is 9.37 Å². The second-order valence-corrected chi connectivity index (χ2v) is 1.78. The maximum absolute atomic E-state index is 12.3. The average molecular weight is 162 g/mol. The number of nitrogens with zero attached hydrogens (tertiary/aromatic N) is 1. The van der Waals surface area contributed by atoms with Crippen molar-refractivity contribution in [2.24, 2.45) is 0 Å². The fourth-order valence-electron chi connectivity index (χ4n) is 0.556. The van der Waals surface area contributed by atoms with Gasteiger partial charge in [0.2, 0.25) is 5.82 Å². The van der Waals surface area contributed by atoms with Gasteiger partial charge < -0.3 is 10.1 Å². The molecule has 2 N–H and O–H groups in total. The van der Waals surface area contributed by atoms with E-state index in [4.69, 9.17) is 5.11 Å². The molecule has 1 rings (SSSR count). The fraction of sp³-hybridized carbons (Fsp3) is 0.200. The van der Waals surface area contributed by atoms with Crippen LogP contribution in [0.1, 0.15) is 5.82 Å². The van der Waals surface area contributed by atoms with Gasteiger partial charge in [-0.3, -0.25) is 4.79 Å². The molecule has 0 radical (unpaired) electrons. The van der Waals surface area contributed by atoms with E-state index in [2.05, 4.69) is 4.98 Å². The predicted octanol–water partition coefficient (Wildman–Crippen LogP) is 0.0841. The van der Waals surface area contributed by atoms with Crippen molar-refractivity contribution in [2.45, 2.75) is 6.67 Å². The number of alkyl halides is 1. The van der Waals surface area contributed by atoms with Gasteiger partial charge in [0.05, 0.1) is 0 Å². The smallest absolute Gasteiger partial charge is 0.291 e. The molecule has 1 aromatic heterocycles. The van der Waals surface area contributed by atoms with Crippen LogP contribution in [0, 0.1) is 5.82 Å². The van der Waals surface area contributed by atoms with Crippen LogP contribution in [-0.4, -0.2) is 15.1 Å². The normalized spacial score (nSPS) is 10.0. The summed E-state index contributed by atoms with van der Waals surface area (Å²) < 4.78 is 24.0. The Morgan fingerprint density at radius 3 is 2.73 bits per heavy atom. The monoisotopic (exact) mass is 162 g/mol. The molecule has 0 fully saturated rings. The summed E-state index contributed by atoms with van der Waals surface area (Å²) in [5.74, 6) is -2.88. The first-order valence-corrected chi connectivity index (χ1v) is 2.68.